The Morgan fingerprint density at radius 1 is 1.10 bits per heavy atom. The molecule has 0 N–H and O–H groups in total. The molecule has 3 aromatic rings. The van der Waals surface area contributed by atoms with Crippen molar-refractivity contribution in [1.82, 2.24) is 15.1 Å². The number of hydrogen-bond acceptors (Lipinski definition) is 5. The third kappa shape index (κ3) is 3.08. The highest BCUT2D eigenvalue weighted by Gasteiger charge is 2.10. The van der Waals surface area contributed by atoms with Crippen LogP contribution in [0.25, 0.3) is 22.8 Å². The van der Waals surface area contributed by atoms with E-state index < -0.39 is 0 Å². The first-order valence-corrected chi connectivity index (χ1v) is 6.84. The quantitative estimate of drug-likeness (QED) is 0.715. The monoisotopic (exact) mass is 281 g/mol. The lowest BCUT2D eigenvalue weighted by atomic mass is 10.2. The Morgan fingerprint density at radius 3 is 2.67 bits per heavy atom. The second kappa shape index (κ2) is 6.17. The Balaban J connectivity index is 1.80. The SMILES string of the molecule is CCCOc1ccc(-c2nc(-c3cccnc3)no2)cc1. The van der Waals surface area contributed by atoms with Crippen LogP contribution in [-0.2, 0) is 0 Å². The van der Waals surface area contributed by atoms with E-state index in [0.717, 1.165) is 23.3 Å². The van der Waals surface area contributed by atoms with Crippen LogP contribution >= 0.6 is 0 Å². The molecule has 0 spiro atoms. The summed E-state index contributed by atoms with van der Waals surface area (Å²) in [7, 11) is 0. The van der Waals surface area contributed by atoms with Crippen molar-refractivity contribution in [3.05, 3.63) is 48.8 Å². The van der Waals surface area contributed by atoms with E-state index in [1.807, 2.05) is 36.4 Å². The maximum atomic E-state index is 5.55. The van der Waals surface area contributed by atoms with Crippen LogP contribution in [0, 0.1) is 0 Å². The summed E-state index contributed by atoms with van der Waals surface area (Å²) in [4.78, 5) is 8.43. The van der Waals surface area contributed by atoms with Gasteiger partial charge < -0.3 is 9.26 Å². The summed E-state index contributed by atoms with van der Waals surface area (Å²) in [5, 5.41) is 3.98. The van der Waals surface area contributed by atoms with Crippen LogP contribution in [0.4, 0.5) is 0 Å². The van der Waals surface area contributed by atoms with Crippen molar-refractivity contribution >= 4 is 0 Å². The fourth-order valence-corrected chi connectivity index (χ4v) is 1.87. The van der Waals surface area contributed by atoms with Crippen molar-refractivity contribution in [2.45, 2.75) is 13.3 Å². The second-order valence-corrected chi connectivity index (χ2v) is 4.54. The Bertz CT molecular complexity index is 693. The van der Waals surface area contributed by atoms with Crippen molar-refractivity contribution in [1.29, 1.82) is 0 Å². The average Bonchev–Trinajstić information content (AvgIpc) is 3.04. The van der Waals surface area contributed by atoms with Gasteiger partial charge in [0.2, 0.25) is 5.82 Å². The van der Waals surface area contributed by atoms with Crippen LogP contribution < -0.4 is 4.74 Å². The average molecular weight is 281 g/mol. The minimum absolute atomic E-state index is 0.482. The highest BCUT2D eigenvalue weighted by atomic mass is 16.5. The van der Waals surface area contributed by atoms with Gasteiger partial charge in [0.15, 0.2) is 0 Å². The predicted molar refractivity (Wildman–Crippen MR) is 78.8 cm³/mol. The van der Waals surface area contributed by atoms with E-state index >= 15 is 0 Å². The number of nitrogens with zero attached hydrogens (tertiary/aromatic N) is 3. The fourth-order valence-electron chi connectivity index (χ4n) is 1.87. The molecule has 0 bridgehead atoms. The van der Waals surface area contributed by atoms with Gasteiger partial charge in [-0.05, 0) is 42.8 Å². The van der Waals surface area contributed by atoms with Crippen molar-refractivity contribution in [3.63, 3.8) is 0 Å². The van der Waals surface area contributed by atoms with Gasteiger partial charge in [0.1, 0.15) is 5.75 Å². The van der Waals surface area contributed by atoms with Gasteiger partial charge in [-0.15, -0.1) is 0 Å². The highest BCUT2D eigenvalue weighted by molar-refractivity contribution is 5.59. The van der Waals surface area contributed by atoms with Crippen LogP contribution in [0.3, 0.4) is 0 Å². The van der Waals surface area contributed by atoms with Crippen LogP contribution in [0.15, 0.2) is 53.3 Å². The molecule has 0 atom stereocenters. The normalized spacial score (nSPS) is 10.5. The standard InChI is InChI=1S/C16H15N3O2/c1-2-10-20-14-7-5-12(6-8-14)16-18-15(19-21-16)13-4-3-9-17-11-13/h3-9,11H,2,10H2,1H3. The zero-order valence-electron chi connectivity index (χ0n) is 11.7. The minimum atomic E-state index is 0.482. The maximum absolute atomic E-state index is 5.55. The first-order chi connectivity index (χ1) is 10.4. The largest absolute Gasteiger partial charge is 0.494 e. The molecule has 0 saturated heterocycles. The van der Waals surface area contributed by atoms with Gasteiger partial charge in [-0.1, -0.05) is 12.1 Å². The maximum Gasteiger partial charge on any atom is 0.258 e. The van der Waals surface area contributed by atoms with Crippen LogP contribution in [0.5, 0.6) is 5.75 Å². The zero-order valence-corrected chi connectivity index (χ0v) is 11.7. The first-order valence-electron chi connectivity index (χ1n) is 6.84. The molecule has 106 valence electrons. The summed E-state index contributed by atoms with van der Waals surface area (Å²) in [5.41, 5.74) is 1.69. The Morgan fingerprint density at radius 2 is 1.95 bits per heavy atom. The van der Waals surface area contributed by atoms with Gasteiger partial charge in [-0.3, -0.25) is 4.98 Å². The molecule has 3 rings (SSSR count). The Labute approximate surface area is 122 Å². The Kier molecular flexibility index (Phi) is 3.91. The van der Waals surface area contributed by atoms with Gasteiger partial charge in [-0.25, -0.2) is 0 Å². The molecule has 0 fully saturated rings. The van der Waals surface area contributed by atoms with Crippen LogP contribution in [0.2, 0.25) is 0 Å². The molecule has 2 aromatic heterocycles. The Hall–Kier alpha value is -2.69. The number of ether oxygens (including phenoxy) is 1. The molecule has 0 radical (unpaired) electrons. The molecule has 2 heterocycles. The molecule has 0 amide bonds. The lowest BCUT2D eigenvalue weighted by Crippen LogP contribution is -1.94. The van der Waals surface area contributed by atoms with E-state index in [0.29, 0.717) is 18.3 Å². The molecule has 0 unspecified atom stereocenters. The van der Waals surface area contributed by atoms with E-state index in [-0.39, 0.29) is 0 Å². The smallest absolute Gasteiger partial charge is 0.258 e. The number of benzene rings is 1. The molecule has 21 heavy (non-hydrogen) atoms. The van der Waals surface area contributed by atoms with E-state index in [1.54, 1.807) is 12.4 Å². The number of pyridine rings is 1. The summed E-state index contributed by atoms with van der Waals surface area (Å²) in [5.74, 6) is 1.85. The molecule has 0 aliphatic carbocycles. The van der Waals surface area contributed by atoms with Gasteiger partial charge >= 0.3 is 0 Å². The lowest BCUT2D eigenvalue weighted by molar-refractivity contribution is 0.317. The molecule has 0 saturated carbocycles. The molecule has 5 nitrogen and oxygen atoms in total. The van der Waals surface area contributed by atoms with Crippen molar-refractivity contribution in [2.24, 2.45) is 0 Å². The molecule has 1 aromatic carbocycles. The summed E-state index contributed by atoms with van der Waals surface area (Å²) >= 11 is 0. The predicted octanol–water partition coefficient (Wildman–Crippen LogP) is 3.59. The highest BCUT2D eigenvalue weighted by Crippen LogP contribution is 2.23. The molecular weight excluding hydrogens is 266 g/mol. The van der Waals surface area contributed by atoms with Gasteiger partial charge in [0.25, 0.3) is 5.89 Å². The summed E-state index contributed by atoms with van der Waals surface area (Å²) in [6.07, 6.45) is 4.40. The third-order valence-electron chi connectivity index (χ3n) is 2.92. The van der Waals surface area contributed by atoms with Gasteiger partial charge in [0.05, 0.1) is 6.61 Å². The number of rotatable bonds is 5. The van der Waals surface area contributed by atoms with Crippen LogP contribution in [-0.4, -0.2) is 21.7 Å². The molecule has 0 aliphatic rings. The third-order valence-corrected chi connectivity index (χ3v) is 2.92. The lowest BCUT2D eigenvalue weighted by Gasteiger charge is -2.03. The van der Waals surface area contributed by atoms with Crippen molar-refractivity contribution in [2.75, 3.05) is 6.61 Å². The van der Waals surface area contributed by atoms with E-state index in [4.69, 9.17) is 9.26 Å². The number of hydrogen-bond donors (Lipinski definition) is 0. The zero-order chi connectivity index (χ0) is 14.5. The topological polar surface area (TPSA) is 61.0 Å². The molecule has 5 heteroatoms. The fraction of sp³-hybridized carbons (Fsp3) is 0.188. The first kappa shape index (κ1) is 13.3. The van der Waals surface area contributed by atoms with E-state index in [1.165, 1.54) is 0 Å². The van der Waals surface area contributed by atoms with Gasteiger partial charge in [-0.2, -0.15) is 4.98 Å². The molecule has 0 aliphatic heterocycles. The van der Waals surface area contributed by atoms with Crippen molar-refractivity contribution in [3.8, 4) is 28.6 Å². The minimum Gasteiger partial charge on any atom is -0.494 e. The molecular formula is C16H15N3O2. The van der Waals surface area contributed by atoms with E-state index in [9.17, 15) is 0 Å². The second-order valence-electron chi connectivity index (χ2n) is 4.54. The number of aromatic nitrogens is 3. The van der Waals surface area contributed by atoms with E-state index in [2.05, 4.69) is 22.0 Å². The van der Waals surface area contributed by atoms with Gasteiger partial charge in [0, 0.05) is 23.5 Å². The van der Waals surface area contributed by atoms with Crippen LogP contribution in [0.1, 0.15) is 13.3 Å². The summed E-state index contributed by atoms with van der Waals surface area (Å²) in [6, 6.07) is 11.4. The summed E-state index contributed by atoms with van der Waals surface area (Å²) in [6.45, 7) is 2.79. The summed E-state index contributed by atoms with van der Waals surface area (Å²) < 4.78 is 10.8. The van der Waals surface area contributed by atoms with Crippen molar-refractivity contribution < 1.29 is 9.26 Å².